The van der Waals surface area contributed by atoms with E-state index in [2.05, 4.69) is 4.90 Å². The highest BCUT2D eigenvalue weighted by molar-refractivity contribution is 5.48. The van der Waals surface area contributed by atoms with E-state index in [0.29, 0.717) is 0 Å². The molecular weight excluding hydrogens is 222 g/mol. The predicted octanol–water partition coefficient (Wildman–Crippen LogP) is 2.94. The van der Waals surface area contributed by atoms with Gasteiger partial charge in [-0.25, -0.2) is 8.78 Å². The highest BCUT2D eigenvalue weighted by Gasteiger charge is 2.15. The van der Waals surface area contributed by atoms with Gasteiger partial charge in [0.1, 0.15) is 0 Å². The number of rotatable bonds is 4. The molecule has 0 saturated carbocycles. The van der Waals surface area contributed by atoms with Crippen LogP contribution in [0.2, 0.25) is 0 Å². The largest absolute Gasteiger partial charge is 0.372 e. The maximum Gasteiger partial charge on any atom is 0.240 e. The Labute approximate surface area is 100 Å². The van der Waals surface area contributed by atoms with Gasteiger partial charge in [-0.3, -0.25) is 0 Å². The summed E-state index contributed by atoms with van der Waals surface area (Å²) in [6, 6.07) is 7.11. The van der Waals surface area contributed by atoms with Crippen molar-refractivity contribution < 1.29 is 8.78 Å². The highest BCUT2D eigenvalue weighted by Crippen LogP contribution is 2.24. The Morgan fingerprint density at radius 2 is 1.71 bits per heavy atom. The zero-order valence-corrected chi connectivity index (χ0v) is 9.78. The van der Waals surface area contributed by atoms with Gasteiger partial charge in [-0.1, -0.05) is 12.1 Å². The van der Waals surface area contributed by atoms with Crippen molar-refractivity contribution in [2.75, 3.05) is 18.0 Å². The molecule has 1 aliphatic heterocycles. The van der Waals surface area contributed by atoms with Crippen molar-refractivity contribution in [3.8, 4) is 0 Å². The summed E-state index contributed by atoms with van der Waals surface area (Å²) in [6.07, 6.45) is -0.161. The molecule has 0 aliphatic carbocycles. The first kappa shape index (κ1) is 12.3. The van der Waals surface area contributed by atoms with Crippen LogP contribution in [0.1, 0.15) is 30.9 Å². The van der Waals surface area contributed by atoms with Crippen molar-refractivity contribution in [1.29, 1.82) is 0 Å². The van der Waals surface area contributed by atoms with E-state index in [1.807, 2.05) is 24.3 Å². The molecule has 1 aromatic rings. The normalized spacial score (nSPS) is 17.8. The molecule has 1 aromatic carbocycles. The number of anilines is 1. The molecule has 1 aliphatic rings. The van der Waals surface area contributed by atoms with E-state index < -0.39 is 12.5 Å². The van der Waals surface area contributed by atoms with Crippen LogP contribution in [0.25, 0.3) is 0 Å². The first-order chi connectivity index (χ1) is 8.16. The van der Waals surface area contributed by atoms with Gasteiger partial charge in [0.05, 0.1) is 0 Å². The van der Waals surface area contributed by atoms with Gasteiger partial charge in [0.25, 0.3) is 0 Å². The Balaban J connectivity index is 2.01. The van der Waals surface area contributed by atoms with E-state index >= 15 is 0 Å². The molecule has 17 heavy (non-hydrogen) atoms. The Bertz CT molecular complexity index is 345. The summed E-state index contributed by atoms with van der Waals surface area (Å²) < 4.78 is 24.4. The lowest BCUT2D eigenvalue weighted by Crippen LogP contribution is -2.18. The maximum absolute atomic E-state index is 12.2. The summed E-state index contributed by atoms with van der Waals surface area (Å²) in [5.74, 6) is 0. The van der Waals surface area contributed by atoms with E-state index in [1.165, 1.54) is 12.8 Å². The number of benzene rings is 1. The average Bonchev–Trinajstić information content (AvgIpc) is 2.82. The summed E-state index contributed by atoms with van der Waals surface area (Å²) in [4.78, 5) is 2.31. The number of nitrogens with zero attached hydrogens (tertiary/aromatic N) is 1. The lowest BCUT2D eigenvalue weighted by Gasteiger charge is -2.19. The smallest absolute Gasteiger partial charge is 0.240 e. The van der Waals surface area contributed by atoms with Crippen molar-refractivity contribution >= 4 is 5.69 Å². The maximum atomic E-state index is 12.2. The van der Waals surface area contributed by atoms with E-state index in [1.54, 1.807) is 0 Å². The molecule has 0 bridgehead atoms. The summed E-state index contributed by atoms with van der Waals surface area (Å²) in [6.45, 7) is 2.17. The van der Waals surface area contributed by atoms with Gasteiger partial charge in [0.2, 0.25) is 6.43 Å². The second kappa shape index (κ2) is 5.45. The predicted molar refractivity (Wildman–Crippen MR) is 65.4 cm³/mol. The minimum atomic E-state index is -2.34. The standard InChI is InChI=1S/C13H18F2N2/c14-13(15)9-12(16)10-3-5-11(6-4-10)17-7-1-2-8-17/h3-6,12-13H,1-2,7-9,16H2/t12-/m1/s1. The summed E-state index contributed by atoms with van der Waals surface area (Å²) >= 11 is 0. The first-order valence-electron chi connectivity index (χ1n) is 6.05. The Morgan fingerprint density at radius 3 is 2.24 bits per heavy atom. The molecule has 0 unspecified atom stereocenters. The number of nitrogens with two attached hydrogens (primary N) is 1. The summed E-state index contributed by atoms with van der Waals surface area (Å²) in [7, 11) is 0. The van der Waals surface area contributed by atoms with Gasteiger partial charge in [-0.15, -0.1) is 0 Å². The lowest BCUT2D eigenvalue weighted by atomic mass is 10.0. The van der Waals surface area contributed by atoms with Gasteiger partial charge < -0.3 is 10.6 Å². The molecule has 0 spiro atoms. The quantitative estimate of drug-likeness (QED) is 0.876. The molecule has 0 aromatic heterocycles. The van der Waals surface area contributed by atoms with Crippen LogP contribution in [0.15, 0.2) is 24.3 Å². The van der Waals surface area contributed by atoms with Gasteiger partial charge >= 0.3 is 0 Å². The number of hydrogen-bond acceptors (Lipinski definition) is 2. The van der Waals surface area contributed by atoms with Crippen molar-refractivity contribution in [2.45, 2.75) is 31.7 Å². The minimum Gasteiger partial charge on any atom is -0.372 e. The van der Waals surface area contributed by atoms with Gasteiger partial charge in [-0.2, -0.15) is 0 Å². The van der Waals surface area contributed by atoms with E-state index in [9.17, 15) is 8.78 Å². The second-order valence-electron chi connectivity index (χ2n) is 4.52. The van der Waals surface area contributed by atoms with Crippen molar-refractivity contribution in [1.82, 2.24) is 0 Å². The van der Waals surface area contributed by atoms with Gasteiger partial charge in [0.15, 0.2) is 0 Å². The molecule has 1 heterocycles. The fourth-order valence-corrected chi connectivity index (χ4v) is 2.24. The van der Waals surface area contributed by atoms with Crippen LogP contribution in [-0.4, -0.2) is 19.5 Å². The van der Waals surface area contributed by atoms with E-state index in [0.717, 1.165) is 24.3 Å². The molecule has 2 nitrogen and oxygen atoms in total. The third kappa shape index (κ3) is 3.16. The van der Waals surface area contributed by atoms with Crippen LogP contribution in [-0.2, 0) is 0 Å². The Morgan fingerprint density at radius 1 is 1.12 bits per heavy atom. The van der Waals surface area contributed by atoms with Crippen LogP contribution in [0.4, 0.5) is 14.5 Å². The van der Waals surface area contributed by atoms with Crippen LogP contribution >= 0.6 is 0 Å². The third-order valence-electron chi connectivity index (χ3n) is 3.22. The Hall–Kier alpha value is -1.16. The monoisotopic (exact) mass is 240 g/mol. The zero-order valence-electron chi connectivity index (χ0n) is 9.78. The fourth-order valence-electron chi connectivity index (χ4n) is 2.24. The van der Waals surface area contributed by atoms with Crippen molar-refractivity contribution in [2.24, 2.45) is 5.73 Å². The van der Waals surface area contributed by atoms with Crippen LogP contribution in [0, 0.1) is 0 Å². The summed E-state index contributed by atoms with van der Waals surface area (Å²) in [5, 5.41) is 0. The molecular formula is C13H18F2N2. The first-order valence-corrected chi connectivity index (χ1v) is 6.05. The highest BCUT2D eigenvalue weighted by atomic mass is 19.3. The number of alkyl halides is 2. The summed E-state index contributed by atoms with van der Waals surface area (Å²) in [5.41, 5.74) is 7.65. The van der Waals surface area contributed by atoms with Crippen molar-refractivity contribution in [3.63, 3.8) is 0 Å². The molecule has 0 amide bonds. The molecule has 1 saturated heterocycles. The van der Waals surface area contributed by atoms with Crippen LogP contribution in [0.5, 0.6) is 0 Å². The van der Waals surface area contributed by atoms with E-state index in [4.69, 9.17) is 5.73 Å². The molecule has 1 fully saturated rings. The van der Waals surface area contributed by atoms with Crippen LogP contribution < -0.4 is 10.6 Å². The molecule has 0 radical (unpaired) electrons. The minimum absolute atomic E-state index is 0.275. The second-order valence-corrected chi connectivity index (χ2v) is 4.52. The van der Waals surface area contributed by atoms with Crippen LogP contribution in [0.3, 0.4) is 0 Å². The zero-order chi connectivity index (χ0) is 12.3. The fraction of sp³-hybridized carbons (Fsp3) is 0.538. The molecule has 2 rings (SSSR count). The molecule has 2 N–H and O–H groups in total. The SMILES string of the molecule is N[C@H](CC(F)F)c1ccc(N2CCCC2)cc1. The third-order valence-corrected chi connectivity index (χ3v) is 3.22. The van der Waals surface area contributed by atoms with Gasteiger partial charge in [0, 0.05) is 31.2 Å². The number of halogens is 2. The molecule has 4 heteroatoms. The topological polar surface area (TPSA) is 29.3 Å². The average molecular weight is 240 g/mol. The Kier molecular flexibility index (Phi) is 3.94. The van der Waals surface area contributed by atoms with Gasteiger partial charge in [-0.05, 0) is 30.5 Å². The molecule has 94 valence electrons. The van der Waals surface area contributed by atoms with E-state index in [-0.39, 0.29) is 6.42 Å². The molecule has 1 atom stereocenters. The van der Waals surface area contributed by atoms with Crippen molar-refractivity contribution in [3.05, 3.63) is 29.8 Å². The lowest BCUT2D eigenvalue weighted by molar-refractivity contribution is 0.128. The number of hydrogen-bond donors (Lipinski definition) is 1.